The van der Waals surface area contributed by atoms with Gasteiger partial charge in [-0.2, -0.15) is 0 Å². The lowest BCUT2D eigenvalue weighted by Gasteiger charge is -2.37. The molecule has 1 atom stereocenters. The Bertz CT molecular complexity index is 754. The largest absolute Gasteiger partial charge is 0.468 e. The normalized spacial score (nSPS) is 17.0. The Balaban J connectivity index is 1.54. The summed E-state index contributed by atoms with van der Waals surface area (Å²) in [5.41, 5.74) is 0.127. The minimum atomic E-state index is -0.492. The summed E-state index contributed by atoms with van der Waals surface area (Å²) in [6.07, 6.45) is 1.67. The lowest BCUT2D eigenvalue weighted by Crippen LogP contribution is -2.52. The summed E-state index contributed by atoms with van der Waals surface area (Å²) in [6, 6.07) is 9.64. The second-order valence-electron chi connectivity index (χ2n) is 6.33. The molecule has 1 aromatic carbocycles. The van der Waals surface area contributed by atoms with Crippen LogP contribution < -0.4 is 5.32 Å². The molecule has 2 heterocycles. The molecular formula is C18H22N4O4. The van der Waals surface area contributed by atoms with E-state index in [1.54, 1.807) is 24.5 Å². The molecule has 26 heavy (non-hydrogen) atoms. The first-order chi connectivity index (χ1) is 12.5. The maximum atomic E-state index is 12.5. The number of hydrogen-bond donors (Lipinski definition) is 1. The van der Waals surface area contributed by atoms with Gasteiger partial charge in [0.2, 0.25) is 5.91 Å². The van der Waals surface area contributed by atoms with Crippen LogP contribution in [0.2, 0.25) is 0 Å². The van der Waals surface area contributed by atoms with Gasteiger partial charge in [-0.25, -0.2) is 0 Å². The van der Waals surface area contributed by atoms with Crippen molar-refractivity contribution in [2.45, 2.75) is 19.5 Å². The summed E-state index contributed by atoms with van der Waals surface area (Å²) >= 11 is 0. The highest BCUT2D eigenvalue weighted by molar-refractivity contribution is 5.96. The van der Waals surface area contributed by atoms with Crippen LogP contribution >= 0.6 is 0 Å². The van der Waals surface area contributed by atoms with Crippen LogP contribution in [0.4, 0.5) is 11.4 Å². The van der Waals surface area contributed by atoms with Crippen molar-refractivity contribution in [1.82, 2.24) is 9.80 Å². The summed E-state index contributed by atoms with van der Waals surface area (Å²) in [4.78, 5) is 27.5. The number of rotatable bonds is 6. The van der Waals surface area contributed by atoms with Crippen LogP contribution in [0.25, 0.3) is 0 Å². The van der Waals surface area contributed by atoms with Gasteiger partial charge >= 0.3 is 0 Å². The van der Waals surface area contributed by atoms with Crippen molar-refractivity contribution >= 4 is 17.3 Å². The van der Waals surface area contributed by atoms with E-state index in [-0.39, 0.29) is 23.3 Å². The topological polar surface area (TPSA) is 91.9 Å². The molecule has 1 amide bonds. The van der Waals surface area contributed by atoms with Gasteiger partial charge in [-0.3, -0.25) is 24.7 Å². The molecule has 1 aromatic heterocycles. The first-order valence-corrected chi connectivity index (χ1v) is 8.57. The Morgan fingerprint density at radius 3 is 2.62 bits per heavy atom. The lowest BCUT2D eigenvalue weighted by atomic mass is 10.2. The fourth-order valence-corrected chi connectivity index (χ4v) is 3.07. The summed E-state index contributed by atoms with van der Waals surface area (Å²) in [6.45, 7) is 5.77. The molecule has 1 saturated heterocycles. The minimum absolute atomic E-state index is 0.101. The number of nitrogens with one attached hydrogen (secondary N) is 1. The van der Waals surface area contributed by atoms with Gasteiger partial charge in [-0.05, 0) is 25.1 Å². The van der Waals surface area contributed by atoms with Gasteiger partial charge in [-0.15, -0.1) is 0 Å². The molecule has 8 nitrogen and oxygen atoms in total. The Morgan fingerprint density at radius 2 is 1.96 bits per heavy atom. The Hall–Kier alpha value is -2.71. The number of carbonyl (C=O) groups is 1. The van der Waals surface area contributed by atoms with Crippen molar-refractivity contribution in [2.24, 2.45) is 0 Å². The number of nitro benzene ring substituents is 1. The van der Waals surface area contributed by atoms with Crippen LogP contribution in [0.15, 0.2) is 47.1 Å². The molecule has 0 saturated carbocycles. The quantitative estimate of drug-likeness (QED) is 0.629. The van der Waals surface area contributed by atoms with Gasteiger partial charge < -0.3 is 9.73 Å². The second-order valence-corrected chi connectivity index (χ2v) is 6.33. The van der Waals surface area contributed by atoms with Gasteiger partial charge in [0.25, 0.3) is 5.69 Å². The second kappa shape index (κ2) is 8.11. The molecule has 0 spiro atoms. The van der Waals surface area contributed by atoms with Crippen LogP contribution in [0.3, 0.4) is 0 Å². The first-order valence-electron chi connectivity index (χ1n) is 8.57. The van der Waals surface area contributed by atoms with Crippen LogP contribution in [0.1, 0.15) is 12.7 Å². The third-order valence-electron chi connectivity index (χ3n) is 4.65. The number of carbonyl (C=O) groups excluding carboxylic acids is 1. The number of piperazine rings is 1. The Labute approximate surface area is 151 Å². The zero-order chi connectivity index (χ0) is 18.5. The number of furan rings is 1. The lowest BCUT2D eigenvalue weighted by molar-refractivity contribution is -0.383. The predicted octanol–water partition coefficient (Wildman–Crippen LogP) is 2.33. The number of anilines is 1. The third-order valence-corrected chi connectivity index (χ3v) is 4.65. The van der Waals surface area contributed by atoms with E-state index in [2.05, 4.69) is 15.1 Å². The van der Waals surface area contributed by atoms with Crippen LogP contribution in [0.5, 0.6) is 0 Å². The monoisotopic (exact) mass is 358 g/mol. The molecule has 1 aliphatic rings. The van der Waals surface area contributed by atoms with Crippen molar-refractivity contribution in [3.63, 3.8) is 0 Å². The maximum Gasteiger partial charge on any atom is 0.292 e. The average molecular weight is 358 g/mol. The number of benzene rings is 1. The zero-order valence-electron chi connectivity index (χ0n) is 14.6. The maximum absolute atomic E-state index is 12.5. The van der Waals surface area contributed by atoms with Crippen LogP contribution in [-0.2, 0) is 11.3 Å². The van der Waals surface area contributed by atoms with E-state index in [0.29, 0.717) is 0 Å². The molecule has 138 valence electrons. The van der Waals surface area contributed by atoms with Gasteiger partial charge in [0.1, 0.15) is 11.4 Å². The summed E-state index contributed by atoms with van der Waals surface area (Å²) in [5.74, 6) is 0.694. The van der Waals surface area contributed by atoms with Crippen LogP contribution in [-0.4, -0.2) is 52.9 Å². The molecule has 3 rings (SSSR count). The average Bonchev–Trinajstić information content (AvgIpc) is 3.15. The van der Waals surface area contributed by atoms with E-state index in [0.717, 1.165) is 38.5 Å². The molecule has 0 bridgehead atoms. The van der Waals surface area contributed by atoms with E-state index in [4.69, 9.17) is 4.42 Å². The smallest absolute Gasteiger partial charge is 0.292 e. The van der Waals surface area contributed by atoms with Crippen molar-refractivity contribution in [3.05, 3.63) is 58.5 Å². The number of amides is 1. The zero-order valence-corrected chi connectivity index (χ0v) is 14.6. The first kappa shape index (κ1) is 18.1. The van der Waals surface area contributed by atoms with Crippen molar-refractivity contribution in [2.75, 3.05) is 31.5 Å². The molecule has 1 N–H and O–H groups in total. The van der Waals surface area contributed by atoms with Crippen molar-refractivity contribution < 1.29 is 14.1 Å². The Kier molecular flexibility index (Phi) is 5.65. The number of nitrogens with zero attached hydrogens (tertiary/aromatic N) is 3. The third kappa shape index (κ3) is 4.27. The summed E-state index contributed by atoms with van der Waals surface area (Å²) in [7, 11) is 0. The molecule has 0 radical (unpaired) electrons. The van der Waals surface area contributed by atoms with Gasteiger partial charge in [0, 0.05) is 32.2 Å². The van der Waals surface area contributed by atoms with E-state index in [1.165, 1.54) is 6.07 Å². The molecular weight excluding hydrogens is 336 g/mol. The molecule has 1 unspecified atom stereocenters. The van der Waals surface area contributed by atoms with Gasteiger partial charge in [-0.1, -0.05) is 12.1 Å². The fourth-order valence-electron chi connectivity index (χ4n) is 3.07. The summed E-state index contributed by atoms with van der Waals surface area (Å²) in [5, 5.41) is 13.8. The van der Waals surface area contributed by atoms with Gasteiger partial charge in [0.05, 0.1) is 23.8 Å². The molecule has 1 fully saturated rings. The Morgan fingerprint density at radius 1 is 1.23 bits per heavy atom. The highest BCUT2D eigenvalue weighted by atomic mass is 16.6. The predicted molar refractivity (Wildman–Crippen MR) is 96.7 cm³/mol. The number of nitro groups is 1. The minimum Gasteiger partial charge on any atom is -0.468 e. The van der Waals surface area contributed by atoms with E-state index < -0.39 is 4.92 Å². The molecule has 2 aromatic rings. The molecule has 8 heteroatoms. The van der Waals surface area contributed by atoms with E-state index in [9.17, 15) is 14.9 Å². The van der Waals surface area contributed by atoms with E-state index >= 15 is 0 Å². The number of para-hydroxylation sites is 2. The van der Waals surface area contributed by atoms with Crippen LogP contribution in [0, 0.1) is 10.1 Å². The SMILES string of the molecule is CC(C(=O)Nc1ccccc1[N+](=O)[O-])N1CCN(Cc2ccco2)CC1. The van der Waals surface area contributed by atoms with Crippen molar-refractivity contribution in [1.29, 1.82) is 0 Å². The highest BCUT2D eigenvalue weighted by Crippen LogP contribution is 2.23. The van der Waals surface area contributed by atoms with Crippen molar-refractivity contribution in [3.8, 4) is 0 Å². The number of hydrogen-bond acceptors (Lipinski definition) is 6. The highest BCUT2D eigenvalue weighted by Gasteiger charge is 2.27. The van der Waals surface area contributed by atoms with Gasteiger partial charge in [0.15, 0.2) is 0 Å². The summed E-state index contributed by atoms with van der Waals surface area (Å²) < 4.78 is 5.37. The van der Waals surface area contributed by atoms with E-state index in [1.807, 2.05) is 19.1 Å². The molecule has 1 aliphatic heterocycles. The molecule has 0 aliphatic carbocycles. The standard InChI is InChI=1S/C18H22N4O4/c1-14(18(23)19-16-6-2-3-7-17(16)22(24)25)21-10-8-20(9-11-21)13-15-5-4-12-26-15/h2-7,12,14H,8-11,13H2,1H3,(H,19,23). The fraction of sp³-hybridized carbons (Fsp3) is 0.389.